The van der Waals surface area contributed by atoms with Crippen LogP contribution in [0, 0.1) is 10.1 Å². The molecule has 0 saturated carbocycles. The average Bonchev–Trinajstić information content (AvgIpc) is 2.40. The second-order valence-corrected chi connectivity index (χ2v) is 4.18. The molecule has 1 aromatic heterocycles. The third kappa shape index (κ3) is 2.67. The Morgan fingerprint density at radius 3 is 2.95 bits per heavy atom. The fourth-order valence-corrected chi connectivity index (χ4v) is 1.84. The number of aromatic nitrogens is 1. The van der Waals surface area contributed by atoms with Gasteiger partial charge >= 0.3 is 0 Å². The van der Waals surface area contributed by atoms with E-state index in [1.54, 1.807) is 0 Å². The molecule has 1 aromatic rings. The highest BCUT2D eigenvalue weighted by atomic mass is 16.6. The molecule has 1 atom stereocenters. The van der Waals surface area contributed by atoms with Crippen LogP contribution in [-0.4, -0.2) is 39.7 Å². The average molecular weight is 264 g/mol. The fourth-order valence-electron chi connectivity index (χ4n) is 1.84. The van der Waals surface area contributed by atoms with Gasteiger partial charge in [0.1, 0.15) is 11.9 Å². The predicted molar refractivity (Wildman–Crippen MR) is 65.3 cm³/mol. The van der Waals surface area contributed by atoms with Crippen molar-refractivity contribution in [3.05, 3.63) is 28.4 Å². The summed E-state index contributed by atoms with van der Waals surface area (Å²) in [6.45, 7) is 0. The van der Waals surface area contributed by atoms with Crippen LogP contribution in [0.25, 0.3) is 0 Å². The summed E-state index contributed by atoms with van der Waals surface area (Å²) in [6.07, 6.45) is 1.91. The number of imide groups is 1. The summed E-state index contributed by atoms with van der Waals surface area (Å²) >= 11 is 0. The Morgan fingerprint density at radius 1 is 1.53 bits per heavy atom. The summed E-state index contributed by atoms with van der Waals surface area (Å²) in [5, 5.41) is 13.5. The van der Waals surface area contributed by atoms with Crippen LogP contribution in [0.1, 0.15) is 12.8 Å². The molecule has 2 heterocycles. The van der Waals surface area contributed by atoms with E-state index < -0.39 is 11.0 Å². The van der Waals surface area contributed by atoms with Crippen molar-refractivity contribution in [2.75, 3.05) is 12.4 Å². The van der Waals surface area contributed by atoms with Crippen molar-refractivity contribution in [1.29, 1.82) is 0 Å². The molecule has 19 heavy (non-hydrogen) atoms. The normalized spacial score (nSPS) is 19.4. The quantitative estimate of drug-likeness (QED) is 0.485. The number of likely N-dealkylation sites (tertiary alicyclic amines) is 1. The minimum atomic E-state index is -0.586. The molecule has 1 aliphatic rings. The number of nitro groups is 1. The van der Waals surface area contributed by atoms with Gasteiger partial charge in [0.2, 0.25) is 5.91 Å². The van der Waals surface area contributed by atoms with E-state index in [2.05, 4.69) is 10.3 Å². The van der Waals surface area contributed by atoms with Crippen molar-refractivity contribution in [3.63, 3.8) is 0 Å². The monoisotopic (exact) mass is 264 g/mol. The Kier molecular flexibility index (Phi) is 3.41. The number of amides is 2. The Balaban J connectivity index is 2.13. The van der Waals surface area contributed by atoms with E-state index >= 15 is 0 Å². The molecule has 0 spiro atoms. The van der Waals surface area contributed by atoms with E-state index in [-0.39, 0.29) is 29.7 Å². The maximum Gasteiger partial charge on any atom is 0.274 e. The first-order chi connectivity index (χ1) is 8.99. The first-order valence-corrected chi connectivity index (χ1v) is 5.66. The van der Waals surface area contributed by atoms with Crippen LogP contribution in [0.15, 0.2) is 18.3 Å². The van der Waals surface area contributed by atoms with Crippen LogP contribution in [0.2, 0.25) is 0 Å². The molecule has 1 saturated heterocycles. The number of hydrogen-bond acceptors (Lipinski definition) is 6. The minimum absolute atomic E-state index is 0.106. The van der Waals surface area contributed by atoms with Crippen molar-refractivity contribution in [2.24, 2.45) is 0 Å². The SMILES string of the molecule is CN1C(=O)CCC(Nc2cc([N+](=O)[O-])ccn2)C1=O. The zero-order valence-corrected chi connectivity index (χ0v) is 10.2. The maximum absolute atomic E-state index is 11.8. The number of piperidine rings is 1. The zero-order valence-electron chi connectivity index (χ0n) is 10.2. The van der Waals surface area contributed by atoms with E-state index in [0.29, 0.717) is 6.42 Å². The summed E-state index contributed by atoms with van der Waals surface area (Å²) in [7, 11) is 1.42. The number of anilines is 1. The van der Waals surface area contributed by atoms with Crippen molar-refractivity contribution in [1.82, 2.24) is 9.88 Å². The highest BCUT2D eigenvalue weighted by Crippen LogP contribution is 2.19. The zero-order chi connectivity index (χ0) is 14.0. The van der Waals surface area contributed by atoms with Crippen molar-refractivity contribution >= 4 is 23.3 Å². The number of likely N-dealkylation sites (N-methyl/N-ethyl adjacent to an activating group) is 1. The molecule has 1 unspecified atom stereocenters. The van der Waals surface area contributed by atoms with Gasteiger partial charge in [-0.05, 0) is 6.42 Å². The number of hydrogen-bond donors (Lipinski definition) is 1. The lowest BCUT2D eigenvalue weighted by atomic mass is 10.0. The van der Waals surface area contributed by atoms with E-state index in [1.165, 1.54) is 25.4 Å². The Bertz CT molecular complexity index is 545. The van der Waals surface area contributed by atoms with Crippen LogP contribution < -0.4 is 5.32 Å². The number of nitrogens with one attached hydrogen (secondary N) is 1. The van der Waals surface area contributed by atoms with Gasteiger partial charge in [0, 0.05) is 25.7 Å². The Morgan fingerprint density at radius 2 is 2.26 bits per heavy atom. The summed E-state index contributed by atoms with van der Waals surface area (Å²) < 4.78 is 0. The lowest BCUT2D eigenvalue weighted by Crippen LogP contribution is -2.48. The van der Waals surface area contributed by atoms with Gasteiger partial charge in [0.05, 0.1) is 11.0 Å². The Hall–Kier alpha value is -2.51. The molecule has 100 valence electrons. The first-order valence-electron chi connectivity index (χ1n) is 5.66. The summed E-state index contributed by atoms with van der Waals surface area (Å²) in [6, 6.07) is 1.94. The van der Waals surface area contributed by atoms with Crippen LogP contribution in [-0.2, 0) is 9.59 Å². The second kappa shape index (κ2) is 5.01. The van der Waals surface area contributed by atoms with Crippen molar-refractivity contribution in [2.45, 2.75) is 18.9 Å². The van der Waals surface area contributed by atoms with E-state index in [0.717, 1.165) is 4.90 Å². The summed E-state index contributed by atoms with van der Waals surface area (Å²) in [4.78, 5) is 38.2. The van der Waals surface area contributed by atoms with Crippen molar-refractivity contribution < 1.29 is 14.5 Å². The second-order valence-electron chi connectivity index (χ2n) is 4.18. The molecular weight excluding hydrogens is 252 g/mol. The van der Waals surface area contributed by atoms with Gasteiger partial charge in [-0.15, -0.1) is 0 Å². The predicted octanol–water partition coefficient (Wildman–Crippen LogP) is 0.549. The van der Waals surface area contributed by atoms with Crippen LogP contribution >= 0.6 is 0 Å². The van der Waals surface area contributed by atoms with Gasteiger partial charge in [-0.1, -0.05) is 0 Å². The molecule has 0 aliphatic carbocycles. The molecule has 8 heteroatoms. The van der Waals surface area contributed by atoms with Gasteiger partial charge in [-0.25, -0.2) is 4.98 Å². The number of carbonyl (C=O) groups is 2. The lowest BCUT2D eigenvalue weighted by molar-refractivity contribution is -0.384. The molecule has 0 bridgehead atoms. The smallest absolute Gasteiger partial charge is 0.274 e. The molecule has 1 N–H and O–H groups in total. The van der Waals surface area contributed by atoms with Crippen LogP contribution in [0.4, 0.5) is 11.5 Å². The standard InChI is InChI=1S/C11H12N4O4/c1-14-10(16)3-2-8(11(14)17)13-9-6-7(15(18)19)4-5-12-9/h4-6,8H,2-3H2,1H3,(H,12,13). The molecule has 0 radical (unpaired) electrons. The third-order valence-electron chi connectivity index (χ3n) is 2.93. The van der Waals surface area contributed by atoms with Gasteiger partial charge < -0.3 is 5.32 Å². The first kappa shape index (κ1) is 12.9. The van der Waals surface area contributed by atoms with Crippen LogP contribution in [0.5, 0.6) is 0 Å². The number of nitrogens with zero attached hydrogens (tertiary/aromatic N) is 3. The molecular formula is C11H12N4O4. The highest BCUT2D eigenvalue weighted by molar-refractivity contribution is 6.01. The lowest BCUT2D eigenvalue weighted by Gasteiger charge is -2.28. The molecule has 1 aliphatic heterocycles. The molecule has 8 nitrogen and oxygen atoms in total. The van der Waals surface area contributed by atoms with Gasteiger partial charge in [-0.2, -0.15) is 0 Å². The Labute approximate surface area is 108 Å². The molecule has 0 aromatic carbocycles. The number of carbonyl (C=O) groups excluding carboxylic acids is 2. The number of pyridine rings is 1. The molecule has 2 rings (SSSR count). The van der Waals surface area contributed by atoms with E-state index in [1.807, 2.05) is 0 Å². The van der Waals surface area contributed by atoms with E-state index in [9.17, 15) is 19.7 Å². The third-order valence-corrected chi connectivity index (χ3v) is 2.93. The molecule has 1 fully saturated rings. The molecule has 2 amide bonds. The van der Waals surface area contributed by atoms with Crippen LogP contribution in [0.3, 0.4) is 0 Å². The van der Waals surface area contributed by atoms with E-state index in [4.69, 9.17) is 0 Å². The van der Waals surface area contributed by atoms with Crippen molar-refractivity contribution in [3.8, 4) is 0 Å². The largest absolute Gasteiger partial charge is 0.358 e. The summed E-state index contributed by atoms with van der Waals surface area (Å²) in [5.41, 5.74) is -0.106. The summed E-state index contributed by atoms with van der Waals surface area (Å²) in [5.74, 6) is -0.338. The number of rotatable bonds is 3. The highest BCUT2D eigenvalue weighted by Gasteiger charge is 2.31. The van der Waals surface area contributed by atoms with Gasteiger partial charge in [0.15, 0.2) is 0 Å². The fraction of sp³-hybridized carbons (Fsp3) is 0.364. The van der Waals surface area contributed by atoms with Gasteiger partial charge in [-0.3, -0.25) is 24.6 Å². The maximum atomic E-state index is 11.8. The topological polar surface area (TPSA) is 105 Å². The minimum Gasteiger partial charge on any atom is -0.358 e. The van der Waals surface area contributed by atoms with Gasteiger partial charge in [0.25, 0.3) is 11.6 Å².